The zero-order chi connectivity index (χ0) is 39.8. The van der Waals surface area contributed by atoms with E-state index in [-0.39, 0.29) is 19.4 Å². The fourth-order valence-electron chi connectivity index (χ4n) is 6.27. The summed E-state index contributed by atoms with van der Waals surface area (Å²) in [7, 11) is -3.93. The highest BCUT2D eigenvalue weighted by atomic mass is 32.2. The smallest absolute Gasteiger partial charge is 0.411 e. The molecule has 2 aromatic rings. The second-order valence-electron chi connectivity index (χ2n) is 15.9. The van der Waals surface area contributed by atoms with Crippen LogP contribution in [0.2, 0.25) is 0 Å². The number of aromatic nitrogens is 1. The largest absolute Gasteiger partial charge is 0.444 e. The van der Waals surface area contributed by atoms with Crippen LogP contribution < -0.4 is 20.7 Å². The predicted molar refractivity (Wildman–Crippen MR) is 203 cm³/mol. The Morgan fingerprint density at radius 3 is 2.41 bits per heavy atom. The molecule has 5 rings (SSSR count). The Morgan fingerprint density at radius 2 is 1.83 bits per heavy atom. The van der Waals surface area contributed by atoms with Crippen LogP contribution in [-0.2, 0) is 33.9 Å². The number of hydrogen-bond donors (Lipinski definition) is 4. The lowest BCUT2D eigenvalue weighted by molar-refractivity contribution is -0.143. The van der Waals surface area contributed by atoms with Crippen LogP contribution in [0.1, 0.15) is 79.2 Å². The highest BCUT2D eigenvalue weighted by Crippen LogP contribution is 2.45. The Kier molecular flexibility index (Phi) is 11.5. The molecule has 0 spiro atoms. The summed E-state index contributed by atoms with van der Waals surface area (Å²) in [5.74, 6) is -2.86. The van der Waals surface area contributed by atoms with Gasteiger partial charge in [0.15, 0.2) is 0 Å². The van der Waals surface area contributed by atoms with Gasteiger partial charge in [-0.2, -0.15) is 0 Å². The normalized spacial score (nSPS) is 23.1. The van der Waals surface area contributed by atoms with E-state index in [2.05, 4.69) is 32.2 Å². The van der Waals surface area contributed by atoms with Gasteiger partial charge in [-0.25, -0.2) is 23.0 Å². The molecule has 0 bridgehead atoms. The predicted octanol–water partition coefficient (Wildman–Crippen LogP) is 4.64. The highest BCUT2D eigenvalue weighted by molar-refractivity contribution is 7.91. The van der Waals surface area contributed by atoms with Crippen LogP contribution in [0.25, 0.3) is 10.6 Å². The third-order valence-electron chi connectivity index (χ3n) is 10.0. The molecule has 5 amide bonds. The van der Waals surface area contributed by atoms with Gasteiger partial charge in [0.2, 0.25) is 21.8 Å². The first-order chi connectivity index (χ1) is 25.2. The van der Waals surface area contributed by atoms with E-state index in [0.29, 0.717) is 35.5 Å². The molecule has 2 saturated carbocycles. The molecule has 0 radical (unpaired) electrons. The van der Waals surface area contributed by atoms with E-state index >= 15 is 0 Å². The number of carbonyl (C=O) groups is 5. The molecule has 54 heavy (non-hydrogen) atoms. The molecule has 1 aliphatic heterocycles. The van der Waals surface area contributed by atoms with Gasteiger partial charge in [-0.3, -0.25) is 24.4 Å². The number of benzene rings is 1. The van der Waals surface area contributed by atoms with Crippen LogP contribution >= 0.6 is 11.3 Å². The van der Waals surface area contributed by atoms with Gasteiger partial charge in [0, 0.05) is 29.5 Å². The third kappa shape index (κ3) is 9.22. The Balaban J connectivity index is 1.40. The van der Waals surface area contributed by atoms with Gasteiger partial charge in [0.1, 0.15) is 34.3 Å². The molecule has 17 heteroatoms. The van der Waals surface area contributed by atoms with E-state index in [1.165, 1.54) is 22.3 Å². The van der Waals surface area contributed by atoms with Crippen LogP contribution in [0.3, 0.4) is 0 Å². The van der Waals surface area contributed by atoms with E-state index in [1.54, 1.807) is 46.9 Å². The standard InChI is InChI=1S/C37H50N6O9S2/c1-9-22-19-37(22,32(46)42-54(49,50)24-12-13-24)41-29(44)27-18-23(51-33(47)39-26-17-21(3)11-14-25(26)30-38-15-16-53-30)20-43(27)31(45)28(35(4,5)6)40-34(48)52-36(7,8)10-2/h9,11,14-17,22-24,27-28H,1,10,12-13,18-20H2,2-8H3,(H,39,47)(H,40,48)(H,41,44)(H,42,46)/t22?,23-,27+,28-,37-/m1/s1. The molecule has 294 valence electrons. The van der Waals surface area contributed by atoms with Crippen molar-refractivity contribution in [3.63, 3.8) is 0 Å². The quantitative estimate of drug-likeness (QED) is 0.207. The molecule has 3 fully saturated rings. The van der Waals surface area contributed by atoms with Crippen LogP contribution in [0.15, 0.2) is 42.4 Å². The number of carbonyl (C=O) groups excluding carboxylic acids is 5. The molecule has 2 aliphatic carbocycles. The van der Waals surface area contributed by atoms with Crippen molar-refractivity contribution < 1.29 is 41.9 Å². The van der Waals surface area contributed by atoms with Gasteiger partial charge < -0.3 is 25.0 Å². The number of amides is 5. The minimum absolute atomic E-state index is 0.0976. The lowest BCUT2D eigenvalue weighted by Gasteiger charge is -2.36. The first kappa shape index (κ1) is 40.7. The van der Waals surface area contributed by atoms with Crippen molar-refractivity contribution in [2.24, 2.45) is 11.3 Å². The molecular weight excluding hydrogens is 737 g/mol. The number of nitrogens with one attached hydrogen (secondary N) is 4. The Hall–Kier alpha value is -4.51. The van der Waals surface area contributed by atoms with Crippen molar-refractivity contribution in [2.75, 3.05) is 11.9 Å². The number of thiazole rings is 1. The van der Waals surface area contributed by atoms with Crippen molar-refractivity contribution >= 4 is 57.0 Å². The van der Waals surface area contributed by atoms with Crippen LogP contribution in [0, 0.1) is 18.3 Å². The molecule has 4 N–H and O–H groups in total. The van der Waals surface area contributed by atoms with Crippen LogP contribution in [0.4, 0.5) is 15.3 Å². The Morgan fingerprint density at radius 1 is 1.13 bits per heavy atom. The topological polar surface area (TPSA) is 202 Å². The average Bonchev–Trinajstić information content (AvgIpc) is 3.95. The number of anilines is 1. The Labute approximate surface area is 320 Å². The number of aryl methyl sites for hydroxylation is 1. The van der Waals surface area contributed by atoms with Crippen molar-refractivity contribution in [3.05, 3.63) is 48.0 Å². The van der Waals surface area contributed by atoms with Gasteiger partial charge in [-0.05, 0) is 69.6 Å². The maximum absolute atomic E-state index is 14.5. The number of ether oxygens (including phenoxy) is 2. The lowest BCUT2D eigenvalue weighted by Crippen LogP contribution is -2.60. The number of likely N-dealkylation sites (tertiary alicyclic amines) is 1. The minimum Gasteiger partial charge on any atom is -0.444 e. The summed E-state index contributed by atoms with van der Waals surface area (Å²) in [4.78, 5) is 74.2. The van der Waals surface area contributed by atoms with Gasteiger partial charge in [0.25, 0.3) is 5.91 Å². The maximum atomic E-state index is 14.5. The zero-order valence-electron chi connectivity index (χ0n) is 31.7. The van der Waals surface area contributed by atoms with Crippen molar-refractivity contribution in [2.45, 2.75) is 115 Å². The fraction of sp³-hybridized carbons (Fsp3) is 0.568. The van der Waals surface area contributed by atoms with Gasteiger partial charge >= 0.3 is 12.2 Å². The van der Waals surface area contributed by atoms with E-state index < -0.39 is 85.8 Å². The third-order valence-corrected chi connectivity index (χ3v) is 12.7. The molecule has 15 nitrogen and oxygen atoms in total. The van der Waals surface area contributed by atoms with Gasteiger partial charge in [-0.1, -0.05) is 39.8 Å². The molecule has 2 heterocycles. The van der Waals surface area contributed by atoms with Gasteiger partial charge in [0.05, 0.1) is 17.5 Å². The number of alkyl carbamates (subject to hydrolysis) is 1. The minimum atomic E-state index is -3.93. The molecule has 3 aliphatic rings. The number of hydrogen-bond acceptors (Lipinski definition) is 11. The van der Waals surface area contributed by atoms with Gasteiger partial charge in [-0.15, -0.1) is 17.9 Å². The lowest BCUT2D eigenvalue weighted by atomic mass is 9.85. The monoisotopic (exact) mass is 786 g/mol. The van der Waals surface area contributed by atoms with E-state index in [1.807, 2.05) is 31.4 Å². The van der Waals surface area contributed by atoms with E-state index in [4.69, 9.17) is 9.47 Å². The molecule has 5 atom stereocenters. The molecule has 1 saturated heterocycles. The number of rotatable bonds is 13. The van der Waals surface area contributed by atoms with E-state index in [9.17, 15) is 32.4 Å². The molecule has 1 aromatic heterocycles. The van der Waals surface area contributed by atoms with Crippen molar-refractivity contribution in [1.82, 2.24) is 25.2 Å². The molecular formula is C37H50N6O9S2. The SMILES string of the molecule is C=CC1C[C@]1(NC(=O)[C@@H]1C[C@@H](OC(=O)Nc2cc(C)ccc2-c2nccs2)CN1C(=O)[C@@H](NC(=O)OC(C)(C)CC)C(C)(C)C)C(=O)NS(=O)(=O)C1CC1. The number of nitrogens with zero attached hydrogens (tertiary/aromatic N) is 2. The zero-order valence-corrected chi connectivity index (χ0v) is 33.3. The summed E-state index contributed by atoms with van der Waals surface area (Å²) < 4.78 is 38.9. The second-order valence-corrected chi connectivity index (χ2v) is 18.8. The summed E-state index contributed by atoms with van der Waals surface area (Å²) in [5, 5.41) is 10.0. The summed E-state index contributed by atoms with van der Waals surface area (Å²) in [5.41, 5.74) is -1.28. The molecule has 1 unspecified atom stereocenters. The first-order valence-electron chi connectivity index (χ1n) is 18.0. The molecule has 1 aromatic carbocycles. The summed E-state index contributed by atoms with van der Waals surface area (Å²) >= 11 is 1.40. The van der Waals surface area contributed by atoms with Crippen molar-refractivity contribution in [3.8, 4) is 10.6 Å². The van der Waals surface area contributed by atoms with Crippen LogP contribution in [0.5, 0.6) is 0 Å². The van der Waals surface area contributed by atoms with Crippen molar-refractivity contribution in [1.29, 1.82) is 0 Å². The van der Waals surface area contributed by atoms with Crippen LogP contribution in [-0.4, -0.2) is 89.3 Å². The van der Waals surface area contributed by atoms with E-state index in [0.717, 1.165) is 5.56 Å². The Bertz CT molecular complexity index is 1910. The highest BCUT2D eigenvalue weighted by Gasteiger charge is 2.62. The first-order valence-corrected chi connectivity index (χ1v) is 20.4. The summed E-state index contributed by atoms with van der Waals surface area (Å²) in [6, 6.07) is 3.04. The summed E-state index contributed by atoms with van der Waals surface area (Å²) in [6.45, 7) is 16.0. The average molecular weight is 787 g/mol. The maximum Gasteiger partial charge on any atom is 0.411 e. The summed E-state index contributed by atoms with van der Waals surface area (Å²) in [6.07, 6.45) is 1.80. The number of sulfonamides is 1. The fourth-order valence-corrected chi connectivity index (χ4v) is 8.32. The second kappa shape index (κ2) is 15.3.